The molecule has 33 heavy (non-hydrogen) atoms. The van der Waals surface area contributed by atoms with Crippen molar-refractivity contribution in [3.63, 3.8) is 0 Å². The molecule has 0 fully saturated rings. The highest BCUT2D eigenvalue weighted by Crippen LogP contribution is 2.48. The van der Waals surface area contributed by atoms with E-state index < -0.39 is 22.6 Å². The normalized spacial score (nSPS) is 23.9. The number of anilines is 2. The number of nitrogens with two attached hydrogens (primary N) is 1. The van der Waals surface area contributed by atoms with Gasteiger partial charge in [-0.1, -0.05) is 6.07 Å². The molecule has 2 aromatic carbocycles. The van der Waals surface area contributed by atoms with Crippen LogP contribution in [0.25, 0.3) is 0 Å². The van der Waals surface area contributed by atoms with Crippen molar-refractivity contribution in [3.05, 3.63) is 59.2 Å². The molecule has 2 aliphatic rings. The number of hydrogen-bond acceptors (Lipinski definition) is 5. The van der Waals surface area contributed by atoms with Crippen molar-refractivity contribution < 1.29 is 18.4 Å². The molecule has 1 unspecified atom stereocenters. The summed E-state index contributed by atoms with van der Waals surface area (Å²) in [6.45, 7) is 6.85. The fraction of sp³-hybridized carbons (Fsp3) is 0.375. The van der Waals surface area contributed by atoms with Gasteiger partial charge in [-0.3, -0.25) is 14.5 Å². The van der Waals surface area contributed by atoms with Crippen LogP contribution in [0.5, 0.6) is 0 Å². The summed E-state index contributed by atoms with van der Waals surface area (Å²) >= 11 is 0. The highest BCUT2D eigenvalue weighted by atomic mass is 19.1. The lowest BCUT2D eigenvalue weighted by Gasteiger charge is -2.46. The first-order valence-electron chi connectivity index (χ1n) is 10.6. The Kier molecular flexibility index (Phi) is 5.18. The number of rotatable bonds is 3. The van der Waals surface area contributed by atoms with Gasteiger partial charge in [0.15, 0.2) is 5.96 Å². The maximum Gasteiger partial charge on any atom is 0.237 e. The van der Waals surface area contributed by atoms with Crippen molar-refractivity contribution in [2.45, 2.75) is 39.3 Å². The SMILES string of the molecule is CC(=O)N1CC(Nc2ccc(F)c([C@@]3(C)N=C(N)N(C)C(=O)C3(C)C)c2)c2ccc(F)cc21. The molecule has 2 amide bonds. The Morgan fingerprint density at radius 1 is 1.18 bits per heavy atom. The summed E-state index contributed by atoms with van der Waals surface area (Å²) in [7, 11) is 1.54. The Morgan fingerprint density at radius 3 is 2.55 bits per heavy atom. The lowest BCUT2D eigenvalue weighted by atomic mass is 9.67. The molecule has 7 nitrogen and oxygen atoms in total. The molecule has 0 aromatic heterocycles. The van der Waals surface area contributed by atoms with E-state index in [0.29, 0.717) is 17.9 Å². The Bertz CT molecular complexity index is 1200. The molecule has 9 heteroatoms. The highest BCUT2D eigenvalue weighted by Gasteiger charge is 2.53. The lowest BCUT2D eigenvalue weighted by Crippen LogP contribution is -2.58. The number of carbonyl (C=O) groups is 2. The third-order valence-electron chi connectivity index (χ3n) is 6.97. The summed E-state index contributed by atoms with van der Waals surface area (Å²) in [6.07, 6.45) is 0. The predicted octanol–water partition coefficient (Wildman–Crippen LogP) is 3.51. The molecule has 4 rings (SSSR count). The van der Waals surface area contributed by atoms with Crippen molar-refractivity contribution in [1.29, 1.82) is 0 Å². The van der Waals surface area contributed by atoms with E-state index in [1.54, 1.807) is 39.0 Å². The summed E-state index contributed by atoms with van der Waals surface area (Å²) in [5.74, 6) is -1.39. The molecule has 2 atom stereocenters. The summed E-state index contributed by atoms with van der Waals surface area (Å²) in [5, 5.41) is 3.33. The number of nitrogens with one attached hydrogen (secondary N) is 1. The van der Waals surface area contributed by atoms with Gasteiger partial charge < -0.3 is 16.0 Å². The van der Waals surface area contributed by atoms with Crippen LogP contribution in [0.3, 0.4) is 0 Å². The standard InChI is InChI=1S/C24H27F2N5O2/c1-13(32)31-12-19(16-8-6-14(25)10-20(16)31)28-15-7-9-18(26)17(11-15)24(4)23(2,3)21(33)30(5)22(27)29-24/h6-11,19,28H,12H2,1-5H3,(H2,27,29)/t19?,24-/m1/s1. The molecule has 0 aliphatic carbocycles. The lowest BCUT2D eigenvalue weighted by molar-refractivity contribution is -0.140. The first-order valence-corrected chi connectivity index (χ1v) is 10.6. The van der Waals surface area contributed by atoms with Gasteiger partial charge in [0.05, 0.1) is 23.7 Å². The van der Waals surface area contributed by atoms with Crippen LogP contribution in [0, 0.1) is 17.0 Å². The zero-order chi connectivity index (χ0) is 24.3. The fourth-order valence-corrected chi connectivity index (χ4v) is 4.61. The van der Waals surface area contributed by atoms with Gasteiger partial charge in [0.25, 0.3) is 0 Å². The maximum atomic E-state index is 15.1. The highest BCUT2D eigenvalue weighted by molar-refractivity contribution is 6.01. The minimum atomic E-state index is -1.25. The zero-order valence-electron chi connectivity index (χ0n) is 19.2. The average molecular weight is 456 g/mol. The Balaban J connectivity index is 1.74. The average Bonchev–Trinajstić information content (AvgIpc) is 3.10. The minimum absolute atomic E-state index is 0.0171. The molecule has 2 heterocycles. The fourth-order valence-electron chi connectivity index (χ4n) is 4.61. The van der Waals surface area contributed by atoms with E-state index >= 15 is 4.39 Å². The molecule has 0 bridgehead atoms. The van der Waals surface area contributed by atoms with E-state index in [-0.39, 0.29) is 29.4 Å². The zero-order valence-corrected chi connectivity index (χ0v) is 19.2. The quantitative estimate of drug-likeness (QED) is 0.741. The molecule has 2 aliphatic heterocycles. The number of hydrogen-bond donors (Lipinski definition) is 2. The second-order valence-corrected chi connectivity index (χ2v) is 9.26. The van der Waals surface area contributed by atoms with Gasteiger partial charge in [0.1, 0.15) is 17.2 Å². The first kappa shape index (κ1) is 22.7. The Morgan fingerprint density at radius 2 is 1.88 bits per heavy atom. The number of halogens is 2. The number of amides is 2. The molecule has 0 radical (unpaired) electrons. The number of nitrogens with zero attached hydrogens (tertiary/aromatic N) is 3. The molecular formula is C24H27F2N5O2. The molecule has 174 valence electrons. The molecule has 2 aromatic rings. The third kappa shape index (κ3) is 3.42. The van der Waals surface area contributed by atoms with Gasteiger partial charge in [-0.25, -0.2) is 13.8 Å². The molecule has 0 saturated heterocycles. The van der Waals surface area contributed by atoms with Crippen molar-refractivity contribution in [3.8, 4) is 0 Å². The van der Waals surface area contributed by atoms with Crippen LogP contribution in [0.15, 0.2) is 41.4 Å². The van der Waals surface area contributed by atoms with Crippen molar-refractivity contribution in [2.24, 2.45) is 16.1 Å². The van der Waals surface area contributed by atoms with Crippen LogP contribution in [-0.4, -0.2) is 36.3 Å². The van der Waals surface area contributed by atoms with E-state index in [2.05, 4.69) is 10.3 Å². The maximum absolute atomic E-state index is 15.1. The van der Waals surface area contributed by atoms with Gasteiger partial charge in [-0.2, -0.15) is 0 Å². The predicted molar refractivity (Wildman–Crippen MR) is 123 cm³/mol. The van der Waals surface area contributed by atoms with E-state index in [9.17, 15) is 14.0 Å². The number of guanidine groups is 1. The van der Waals surface area contributed by atoms with Gasteiger partial charge in [0.2, 0.25) is 11.8 Å². The molecule has 3 N–H and O–H groups in total. The molecule has 0 spiro atoms. The van der Waals surface area contributed by atoms with Gasteiger partial charge in [-0.15, -0.1) is 0 Å². The van der Waals surface area contributed by atoms with Crippen LogP contribution in [0.2, 0.25) is 0 Å². The van der Waals surface area contributed by atoms with Gasteiger partial charge in [-0.05, 0) is 51.1 Å². The van der Waals surface area contributed by atoms with Crippen LogP contribution in [-0.2, 0) is 15.1 Å². The van der Waals surface area contributed by atoms with E-state index in [0.717, 1.165) is 5.56 Å². The minimum Gasteiger partial charge on any atom is -0.376 e. The van der Waals surface area contributed by atoms with Gasteiger partial charge >= 0.3 is 0 Å². The monoisotopic (exact) mass is 455 g/mol. The smallest absolute Gasteiger partial charge is 0.237 e. The van der Waals surface area contributed by atoms with Gasteiger partial charge in [0, 0.05) is 30.8 Å². The van der Waals surface area contributed by atoms with Crippen molar-refractivity contribution >= 4 is 29.1 Å². The van der Waals surface area contributed by atoms with Crippen LogP contribution in [0.4, 0.5) is 20.2 Å². The Labute approximate surface area is 191 Å². The Hall–Kier alpha value is -3.49. The first-order chi connectivity index (χ1) is 15.4. The summed E-state index contributed by atoms with van der Waals surface area (Å²) < 4.78 is 28.9. The number of fused-ring (bicyclic) bond motifs is 1. The molecule has 0 saturated carbocycles. The molecular weight excluding hydrogens is 428 g/mol. The van der Waals surface area contributed by atoms with Crippen molar-refractivity contribution in [2.75, 3.05) is 23.8 Å². The van der Waals surface area contributed by atoms with Crippen LogP contribution < -0.4 is 16.0 Å². The summed E-state index contributed by atoms with van der Waals surface area (Å²) in [5.41, 5.74) is 5.75. The van der Waals surface area contributed by atoms with E-state index in [1.165, 1.54) is 42.0 Å². The van der Waals surface area contributed by atoms with Crippen LogP contribution >= 0.6 is 0 Å². The second kappa shape index (κ2) is 7.54. The number of carbonyl (C=O) groups excluding carboxylic acids is 2. The second-order valence-electron chi connectivity index (χ2n) is 9.26. The summed E-state index contributed by atoms with van der Waals surface area (Å²) in [4.78, 5) is 32.3. The number of aliphatic imine (C=N–C) groups is 1. The van der Waals surface area contributed by atoms with Crippen LogP contribution in [0.1, 0.15) is 44.9 Å². The summed E-state index contributed by atoms with van der Waals surface area (Å²) in [6, 6.07) is 8.51. The van der Waals surface area contributed by atoms with E-state index in [1.807, 2.05) is 0 Å². The van der Waals surface area contributed by atoms with E-state index in [4.69, 9.17) is 5.73 Å². The third-order valence-corrected chi connectivity index (χ3v) is 6.97. The topological polar surface area (TPSA) is 91.0 Å². The number of benzene rings is 2. The van der Waals surface area contributed by atoms with Crippen molar-refractivity contribution in [1.82, 2.24) is 4.90 Å². The largest absolute Gasteiger partial charge is 0.376 e.